The smallest absolute Gasteiger partial charge is 0.169 e. The second-order valence-corrected chi connectivity index (χ2v) is 3.30. The Morgan fingerprint density at radius 2 is 1.73 bits per heavy atom. The van der Waals surface area contributed by atoms with Gasteiger partial charge in [-0.25, -0.2) is 0 Å². The van der Waals surface area contributed by atoms with Crippen LogP contribution in [0.1, 0.15) is 6.92 Å². The lowest BCUT2D eigenvalue weighted by molar-refractivity contribution is -0.221. The van der Waals surface area contributed by atoms with Crippen LogP contribution in [0.15, 0.2) is 0 Å². The summed E-state index contributed by atoms with van der Waals surface area (Å²) in [5.74, 6) is 0. The van der Waals surface area contributed by atoms with Crippen LogP contribution in [0, 0.1) is 0 Å². The zero-order valence-corrected chi connectivity index (χ0v) is 6.98. The first-order valence-electron chi connectivity index (χ1n) is 3.41. The van der Waals surface area contributed by atoms with Crippen LogP contribution in [-0.4, -0.2) is 45.2 Å². The molecule has 0 aromatic carbocycles. The average molecular weight is 180 g/mol. The Morgan fingerprint density at radius 3 is 2.27 bits per heavy atom. The van der Waals surface area contributed by atoms with Crippen molar-refractivity contribution in [3.8, 4) is 0 Å². The lowest BCUT2D eigenvalue weighted by atomic mass is 10.0. The second kappa shape index (κ2) is 3.28. The van der Waals surface area contributed by atoms with Crippen LogP contribution in [0.2, 0.25) is 0 Å². The summed E-state index contributed by atoms with van der Waals surface area (Å²) in [5.41, 5.74) is 0. The van der Waals surface area contributed by atoms with Crippen molar-refractivity contribution >= 4 is 12.6 Å². The first-order valence-corrected chi connectivity index (χ1v) is 3.93. The predicted octanol–water partition coefficient (Wildman–Crippen LogP) is -1.26. The molecule has 11 heavy (non-hydrogen) atoms. The van der Waals surface area contributed by atoms with Gasteiger partial charge in [0, 0.05) is 0 Å². The van der Waals surface area contributed by atoms with Gasteiger partial charge in [-0.3, -0.25) is 0 Å². The number of aliphatic hydroxyl groups excluding tert-OH is 3. The van der Waals surface area contributed by atoms with Gasteiger partial charge in [0.15, 0.2) is 6.29 Å². The summed E-state index contributed by atoms with van der Waals surface area (Å²) in [5, 5.41) is 26.8. The number of ether oxygens (including phenoxy) is 1. The topological polar surface area (TPSA) is 69.9 Å². The van der Waals surface area contributed by atoms with Crippen molar-refractivity contribution in [2.45, 2.75) is 36.8 Å². The molecular formula is C6H12O4S. The van der Waals surface area contributed by atoms with Crippen molar-refractivity contribution in [3.63, 3.8) is 0 Å². The van der Waals surface area contributed by atoms with Gasteiger partial charge in [0.05, 0.1) is 17.5 Å². The van der Waals surface area contributed by atoms with Crippen LogP contribution >= 0.6 is 12.6 Å². The Bertz CT molecular complexity index is 129. The SMILES string of the molecule is C[C@H]1OC(O)[C@H](S)[C@@H](O)[C@@H]1O. The predicted molar refractivity (Wildman–Crippen MR) is 41.3 cm³/mol. The van der Waals surface area contributed by atoms with Crippen LogP contribution < -0.4 is 0 Å². The highest BCUT2D eigenvalue weighted by Gasteiger charge is 2.39. The Labute approximate surface area is 70.2 Å². The molecule has 1 heterocycles. The molecule has 0 bridgehead atoms. The van der Waals surface area contributed by atoms with Crippen LogP contribution in [0.4, 0.5) is 0 Å². The minimum Gasteiger partial charge on any atom is -0.389 e. The maximum absolute atomic E-state index is 9.22. The minimum atomic E-state index is -1.10. The largest absolute Gasteiger partial charge is 0.389 e. The molecule has 0 aliphatic carbocycles. The second-order valence-electron chi connectivity index (χ2n) is 2.70. The Balaban J connectivity index is 2.63. The number of hydrogen-bond acceptors (Lipinski definition) is 5. The normalized spacial score (nSPS) is 52.6. The Kier molecular flexibility index (Phi) is 2.77. The van der Waals surface area contributed by atoms with E-state index in [9.17, 15) is 10.2 Å². The molecule has 5 heteroatoms. The monoisotopic (exact) mass is 180 g/mol. The summed E-state index contributed by atoms with van der Waals surface area (Å²) in [6, 6.07) is 0. The zero-order valence-electron chi connectivity index (χ0n) is 6.08. The average Bonchev–Trinajstić information content (AvgIpc) is 1.97. The highest BCUT2D eigenvalue weighted by atomic mass is 32.1. The molecule has 1 saturated heterocycles. The summed E-state index contributed by atoms with van der Waals surface area (Å²) >= 11 is 3.87. The van der Waals surface area contributed by atoms with E-state index in [2.05, 4.69) is 12.6 Å². The number of aliphatic hydroxyl groups is 3. The quantitative estimate of drug-likeness (QED) is 0.351. The first kappa shape index (κ1) is 9.28. The van der Waals surface area contributed by atoms with Gasteiger partial charge < -0.3 is 20.1 Å². The molecule has 0 amide bonds. The molecule has 0 radical (unpaired) electrons. The molecule has 1 fully saturated rings. The van der Waals surface area contributed by atoms with E-state index >= 15 is 0 Å². The first-order chi connectivity index (χ1) is 5.04. The molecule has 4 nitrogen and oxygen atoms in total. The molecule has 3 N–H and O–H groups in total. The van der Waals surface area contributed by atoms with Crippen LogP contribution in [-0.2, 0) is 4.74 Å². The van der Waals surface area contributed by atoms with Gasteiger partial charge in [0.1, 0.15) is 6.10 Å². The summed E-state index contributed by atoms with van der Waals surface area (Å²) in [6.07, 6.45) is -3.66. The summed E-state index contributed by atoms with van der Waals surface area (Å²) in [4.78, 5) is 0. The molecule has 1 aliphatic rings. The maximum Gasteiger partial charge on any atom is 0.169 e. The lowest BCUT2D eigenvalue weighted by Gasteiger charge is -2.37. The van der Waals surface area contributed by atoms with Crippen LogP contribution in [0.3, 0.4) is 0 Å². The van der Waals surface area contributed by atoms with Crippen LogP contribution in [0.25, 0.3) is 0 Å². The maximum atomic E-state index is 9.22. The third-order valence-electron chi connectivity index (χ3n) is 1.83. The van der Waals surface area contributed by atoms with Crippen molar-refractivity contribution < 1.29 is 20.1 Å². The van der Waals surface area contributed by atoms with Crippen molar-refractivity contribution in [2.24, 2.45) is 0 Å². The van der Waals surface area contributed by atoms with E-state index in [0.29, 0.717) is 0 Å². The fourth-order valence-corrected chi connectivity index (χ4v) is 1.28. The molecule has 0 spiro atoms. The van der Waals surface area contributed by atoms with Crippen LogP contribution in [0.5, 0.6) is 0 Å². The summed E-state index contributed by atoms with van der Waals surface area (Å²) < 4.78 is 4.85. The highest BCUT2D eigenvalue weighted by Crippen LogP contribution is 2.22. The molecule has 1 aliphatic heterocycles. The van der Waals surface area contributed by atoms with Gasteiger partial charge in [0.25, 0.3) is 0 Å². The summed E-state index contributed by atoms with van der Waals surface area (Å²) in [6.45, 7) is 1.58. The van der Waals surface area contributed by atoms with Gasteiger partial charge in [-0.05, 0) is 6.92 Å². The molecule has 0 aromatic heterocycles. The van der Waals surface area contributed by atoms with E-state index in [1.807, 2.05) is 0 Å². The molecular weight excluding hydrogens is 168 g/mol. The van der Waals surface area contributed by atoms with E-state index in [0.717, 1.165) is 0 Å². The van der Waals surface area contributed by atoms with E-state index in [1.165, 1.54) is 0 Å². The fraction of sp³-hybridized carbons (Fsp3) is 1.00. The van der Waals surface area contributed by atoms with Crippen molar-refractivity contribution in [1.29, 1.82) is 0 Å². The van der Waals surface area contributed by atoms with Gasteiger partial charge in [-0.2, -0.15) is 12.6 Å². The summed E-state index contributed by atoms with van der Waals surface area (Å²) in [7, 11) is 0. The molecule has 0 saturated carbocycles. The minimum absolute atomic E-state index is 0.552. The molecule has 0 aromatic rings. The van der Waals surface area contributed by atoms with E-state index < -0.39 is 29.9 Å². The van der Waals surface area contributed by atoms with Gasteiger partial charge in [0.2, 0.25) is 0 Å². The third kappa shape index (κ3) is 1.68. The number of rotatable bonds is 0. The molecule has 66 valence electrons. The molecule has 1 unspecified atom stereocenters. The molecule has 5 atom stereocenters. The zero-order chi connectivity index (χ0) is 8.59. The van der Waals surface area contributed by atoms with Gasteiger partial charge >= 0.3 is 0 Å². The number of hydrogen-bond donors (Lipinski definition) is 4. The van der Waals surface area contributed by atoms with Crippen molar-refractivity contribution in [1.82, 2.24) is 0 Å². The standard InChI is InChI=1S/C6H12O4S/c1-2-3(7)4(8)5(11)6(9)10-2/h2-9,11H,1H3/t2-,3-,4+,5-,6?/m1/s1. The Morgan fingerprint density at radius 1 is 1.18 bits per heavy atom. The van der Waals surface area contributed by atoms with Gasteiger partial charge in [-0.15, -0.1) is 0 Å². The van der Waals surface area contributed by atoms with E-state index in [4.69, 9.17) is 9.84 Å². The highest BCUT2D eigenvalue weighted by molar-refractivity contribution is 7.81. The molecule has 1 rings (SSSR count). The third-order valence-corrected chi connectivity index (χ3v) is 2.39. The fourth-order valence-electron chi connectivity index (χ4n) is 1.03. The Hall–Kier alpha value is 0.190. The van der Waals surface area contributed by atoms with Crippen molar-refractivity contribution in [2.75, 3.05) is 0 Å². The van der Waals surface area contributed by atoms with Crippen molar-refractivity contribution in [3.05, 3.63) is 0 Å². The van der Waals surface area contributed by atoms with E-state index in [-0.39, 0.29) is 0 Å². The number of thiol groups is 1. The van der Waals surface area contributed by atoms with Gasteiger partial charge in [-0.1, -0.05) is 0 Å². The van der Waals surface area contributed by atoms with E-state index in [1.54, 1.807) is 6.92 Å². The lowest BCUT2D eigenvalue weighted by Crippen LogP contribution is -2.54.